The SMILES string of the molecule is CCCCCc1ccc(C(=O)/C=C2/C(=O)Nc3ccccc32)cc1. The second-order valence-corrected chi connectivity index (χ2v) is 6.08. The van der Waals surface area contributed by atoms with Crippen LogP contribution in [-0.4, -0.2) is 11.7 Å². The van der Waals surface area contributed by atoms with Crippen molar-refractivity contribution >= 4 is 23.0 Å². The van der Waals surface area contributed by atoms with E-state index in [0.29, 0.717) is 11.1 Å². The van der Waals surface area contributed by atoms with Gasteiger partial charge in [-0.3, -0.25) is 9.59 Å². The molecule has 0 fully saturated rings. The van der Waals surface area contributed by atoms with Crippen LogP contribution in [0.5, 0.6) is 0 Å². The lowest BCUT2D eigenvalue weighted by atomic mass is 10.0. The molecule has 122 valence electrons. The summed E-state index contributed by atoms with van der Waals surface area (Å²) in [4.78, 5) is 24.5. The van der Waals surface area contributed by atoms with Crippen LogP contribution in [0.25, 0.3) is 5.57 Å². The van der Waals surface area contributed by atoms with E-state index in [1.807, 2.05) is 48.5 Å². The van der Waals surface area contributed by atoms with Gasteiger partial charge in [0.15, 0.2) is 5.78 Å². The first-order chi connectivity index (χ1) is 11.7. The Morgan fingerprint density at radius 1 is 1.04 bits per heavy atom. The molecule has 1 aliphatic rings. The molecule has 0 saturated carbocycles. The van der Waals surface area contributed by atoms with Crippen LogP contribution in [0.3, 0.4) is 0 Å². The van der Waals surface area contributed by atoms with Crippen molar-refractivity contribution in [1.29, 1.82) is 0 Å². The minimum Gasteiger partial charge on any atom is -0.321 e. The second-order valence-electron chi connectivity index (χ2n) is 6.08. The average molecular weight is 319 g/mol. The topological polar surface area (TPSA) is 46.2 Å². The molecule has 0 radical (unpaired) electrons. The van der Waals surface area contributed by atoms with Gasteiger partial charge in [0.05, 0.1) is 5.57 Å². The molecule has 0 unspecified atom stereocenters. The Morgan fingerprint density at radius 3 is 2.54 bits per heavy atom. The molecule has 0 aliphatic carbocycles. The lowest BCUT2D eigenvalue weighted by Gasteiger charge is -2.03. The Morgan fingerprint density at radius 2 is 1.79 bits per heavy atom. The van der Waals surface area contributed by atoms with Crippen LogP contribution in [0.2, 0.25) is 0 Å². The maximum Gasteiger partial charge on any atom is 0.256 e. The van der Waals surface area contributed by atoms with Crippen LogP contribution in [0.4, 0.5) is 5.69 Å². The summed E-state index contributed by atoms with van der Waals surface area (Å²) in [6, 6.07) is 15.1. The fraction of sp³-hybridized carbons (Fsp3) is 0.238. The molecule has 2 aromatic carbocycles. The molecule has 1 amide bonds. The Labute approximate surface area is 142 Å². The van der Waals surface area contributed by atoms with Gasteiger partial charge in [-0.15, -0.1) is 0 Å². The van der Waals surface area contributed by atoms with E-state index in [9.17, 15) is 9.59 Å². The number of aryl methyl sites for hydroxylation is 1. The number of unbranched alkanes of at least 4 members (excludes halogenated alkanes) is 2. The predicted octanol–water partition coefficient (Wildman–Crippen LogP) is 4.64. The Bertz CT molecular complexity index is 788. The van der Waals surface area contributed by atoms with Crippen molar-refractivity contribution in [2.24, 2.45) is 0 Å². The standard InChI is InChI=1S/C21H21NO2/c1-2-3-4-7-15-10-12-16(13-11-15)20(23)14-18-17-8-5-6-9-19(17)22-21(18)24/h5-6,8-14H,2-4,7H2,1H3,(H,22,24)/b18-14+. The first-order valence-corrected chi connectivity index (χ1v) is 8.44. The number of nitrogens with one attached hydrogen (secondary N) is 1. The van der Waals surface area contributed by atoms with Crippen LogP contribution in [-0.2, 0) is 11.2 Å². The van der Waals surface area contributed by atoms with E-state index in [2.05, 4.69) is 12.2 Å². The van der Waals surface area contributed by atoms with Crippen molar-refractivity contribution in [3.8, 4) is 0 Å². The zero-order valence-electron chi connectivity index (χ0n) is 13.8. The van der Waals surface area contributed by atoms with Gasteiger partial charge in [0.1, 0.15) is 0 Å². The molecular formula is C21H21NO2. The van der Waals surface area contributed by atoms with Crippen LogP contribution >= 0.6 is 0 Å². The van der Waals surface area contributed by atoms with E-state index in [0.717, 1.165) is 17.7 Å². The summed E-state index contributed by atoms with van der Waals surface area (Å²) < 4.78 is 0. The number of allylic oxidation sites excluding steroid dienone is 1. The van der Waals surface area contributed by atoms with Crippen LogP contribution in [0.1, 0.15) is 47.7 Å². The van der Waals surface area contributed by atoms with E-state index in [-0.39, 0.29) is 11.7 Å². The number of hydrogen-bond donors (Lipinski definition) is 1. The molecule has 0 saturated heterocycles. The monoisotopic (exact) mass is 319 g/mol. The number of carbonyl (C=O) groups excluding carboxylic acids is 2. The number of carbonyl (C=O) groups is 2. The number of amides is 1. The molecule has 24 heavy (non-hydrogen) atoms. The summed E-state index contributed by atoms with van der Waals surface area (Å²) in [5.74, 6) is -0.363. The third kappa shape index (κ3) is 3.46. The summed E-state index contributed by atoms with van der Waals surface area (Å²) in [7, 11) is 0. The van der Waals surface area contributed by atoms with Gasteiger partial charge in [-0.1, -0.05) is 62.2 Å². The largest absolute Gasteiger partial charge is 0.321 e. The lowest BCUT2D eigenvalue weighted by molar-refractivity contribution is -0.110. The molecule has 0 bridgehead atoms. The molecule has 3 heteroatoms. The quantitative estimate of drug-likeness (QED) is 0.479. The minimum absolute atomic E-state index is 0.142. The van der Waals surface area contributed by atoms with Gasteiger partial charge in [-0.2, -0.15) is 0 Å². The zero-order chi connectivity index (χ0) is 16.9. The van der Waals surface area contributed by atoms with Gasteiger partial charge < -0.3 is 5.32 Å². The number of para-hydroxylation sites is 1. The highest BCUT2D eigenvalue weighted by atomic mass is 16.2. The molecule has 3 nitrogen and oxygen atoms in total. The van der Waals surface area contributed by atoms with Gasteiger partial charge in [0, 0.05) is 16.8 Å². The summed E-state index contributed by atoms with van der Waals surface area (Å²) >= 11 is 0. The Hall–Kier alpha value is -2.68. The molecule has 0 spiro atoms. The van der Waals surface area contributed by atoms with E-state index < -0.39 is 0 Å². The molecule has 0 aromatic heterocycles. The van der Waals surface area contributed by atoms with Gasteiger partial charge >= 0.3 is 0 Å². The molecule has 1 aliphatic heterocycles. The summed E-state index contributed by atoms with van der Waals surface area (Å²) in [5, 5.41) is 2.78. The number of hydrogen-bond acceptors (Lipinski definition) is 2. The van der Waals surface area contributed by atoms with E-state index in [4.69, 9.17) is 0 Å². The number of rotatable bonds is 6. The highest BCUT2D eigenvalue weighted by molar-refractivity contribution is 6.35. The Kier molecular flexibility index (Phi) is 4.90. The number of ketones is 1. The first kappa shape index (κ1) is 16.2. The van der Waals surface area contributed by atoms with Gasteiger partial charge in [-0.05, 0) is 30.5 Å². The van der Waals surface area contributed by atoms with Crippen molar-refractivity contribution < 1.29 is 9.59 Å². The highest BCUT2D eigenvalue weighted by Gasteiger charge is 2.24. The smallest absolute Gasteiger partial charge is 0.256 e. The predicted molar refractivity (Wildman–Crippen MR) is 97.1 cm³/mol. The second kappa shape index (κ2) is 7.26. The van der Waals surface area contributed by atoms with Crippen molar-refractivity contribution in [1.82, 2.24) is 0 Å². The number of benzene rings is 2. The van der Waals surface area contributed by atoms with Crippen LogP contribution in [0.15, 0.2) is 54.6 Å². The molecule has 1 heterocycles. The summed E-state index contributed by atoms with van der Waals surface area (Å²) in [5.41, 5.74) is 3.83. The number of fused-ring (bicyclic) bond motifs is 1. The minimum atomic E-state index is -0.222. The third-order valence-electron chi connectivity index (χ3n) is 4.29. The fourth-order valence-electron chi connectivity index (χ4n) is 2.91. The maximum atomic E-state index is 12.5. The van der Waals surface area contributed by atoms with E-state index >= 15 is 0 Å². The molecule has 1 N–H and O–H groups in total. The fourth-order valence-corrected chi connectivity index (χ4v) is 2.91. The molecule has 2 aromatic rings. The van der Waals surface area contributed by atoms with Crippen molar-refractivity contribution in [2.75, 3.05) is 5.32 Å². The van der Waals surface area contributed by atoms with Crippen LogP contribution in [0, 0.1) is 0 Å². The van der Waals surface area contributed by atoms with Crippen molar-refractivity contribution in [2.45, 2.75) is 32.6 Å². The average Bonchev–Trinajstić information content (AvgIpc) is 2.91. The zero-order valence-corrected chi connectivity index (χ0v) is 13.8. The van der Waals surface area contributed by atoms with Crippen molar-refractivity contribution in [3.63, 3.8) is 0 Å². The molecular weight excluding hydrogens is 298 g/mol. The maximum absolute atomic E-state index is 12.5. The lowest BCUT2D eigenvalue weighted by Crippen LogP contribution is -2.06. The van der Waals surface area contributed by atoms with E-state index in [1.165, 1.54) is 30.9 Å². The summed E-state index contributed by atoms with van der Waals surface area (Å²) in [6.07, 6.45) is 6.08. The molecule has 0 atom stereocenters. The normalized spacial score (nSPS) is 14.5. The summed E-state index contributed by atoms with van der Waals surface area (Å²) in [6.45, 7) is 2.19. The van der Waals surface area contributed by atoms with E-state index in [1.54, 1.807) is 0 Å². The van der Waals surface area contributed by atoms with Gasteiger partial charge in [0.25, 0.3) is 5.91 Å². The van der Waals surface area contributed by atoms with Gasteiger partial charge in [0.2, 0.25) is 0 Å². The van der Waals surface area contributed by atoms with Crippen LogP contribution < -0.4 is 5.32 Å². The first-order valence-electron chi connectivity index (χ1n) is 8.44. The number of anilines is 1. The third-order valence-corrected chi connectivity index (χ3v) is 4.29. The Balaban J connectivity index is 1.76. The van der Waals surface area contributed by atoms with Crippen molar-refractivity contribution in [3.05, 3.63) is 71.3 Å². The molecule has 3 rings (SSSR count). The van der Waals surface area contributed by atoms with Gasteiger partial charge in [-0.25, -0.2) is 0 Å². The highest BCUT2D eigenvalue weighted by Crippen LogP contribution is 2.31.